The van der Waals surface area contributed by atoms with E-state index in [0.29, 0.717) is 30.0 Å². The van der Waals surface area contributed by atoms with Crippen LogP contribution < -0.4 is 27.4 Å². The highest BCUT2D eigenvalue weighted by molar-refractivity contribution is 6.05. The number of carbonyl (C=O) groups is 3. The summed E-state index contributed by atoms with van der Waals surface area (Å²) < 4.78 is 5.48. The summed E-state index contributed by atoms with van der Waals surface area (Å²) in [5.74, 6) is -0.644. The van der Waals surface area contributed by atoms with Crippen LogP contribution in [0.3, 0.4) is 0 Å². The Hall–Kier alpha value is -4.87. The highest BCUT2D eigenvalue weighted by Crippen LogP contribution is 2.24. The second kappa shape index (κ2) is 12.6. The number of aliphatic imine (C=N–C) groups is 2. The number of amides is 4. The standard InChI is InChI=1S/C27H34N8O4/c1-27(2,3)39-26(38)35-15-5-6-19(16-35)17-7-11-21(12-8-17)32-25(37)34-24(29)33-23(28)31-20-13-9-18(10-14-20)22(36)30-4/h6-14H,5,15-16H2,1-4H3,(H,30,36)(H6,28,29,31,32,33,34,37). The molecule has 0 saturated heterocycles. The van der Waals surface area contributed by atoms with Gasteiger partial charge in [0.1, 0.15) is 5.60 Å². The molecular weight excluding hydrogens is 500 g/mol. The van der Waals surface area contributed by atoms with Gasteiger partial charge >= 0.3 is 12.1 Å². The van der Waals surface area contributed by atoms with Crippen LogP contribution in [-0.2, 0) is 4.74 Å². The zero-order chi connectivity index (χ0) is 28.6. The van der Waals surface area contributed by atoms with Crippen LogP contribution >= 0.6 is 0 Å². The molecule has 12 nitrogen and oxygen atoms in total. The van der Waals surface area contributed by atoms with Crippen molar-refractivity contribution in [2.45, 2.75) is 32.8 Å². The predicted octanol–water partition coefficient (Wildman–Crippen LogP) is 3.15. The molecule has 0 radical (unpaired) electrons. The van der Waals surface area contributed by atoms with Gasteiger partial charge in [-0.15, -0.1) is 0 Å². The fourth-order valence-corrected chi connectivity index (χ4v) is 3.62. The number of rotatable bonds is 4. The molecule has 0 saturated carbocycles. The lowest BCUT2D eigenvalue weighted by atomic mass is 10.0. The van der Waals surface area contributed by atoms with Crippen LogP contribution in [-0.4, -0.2) is 60.6 Å². The van der Waals surface area contributed by atoms with Crippen LogP contribution in [0.15, 0.2) is 64.6 Å². The molecular formula is C27H34N8O4. The average molecular weight is 535 g/mol. The third-order valence-electron chi connectivity index (χ3n) is 5.39. The van der Waals surface area contributed by atoms with Crippen LogP contribution in [0.4, 0.5) is 21.0 Å². The summed E-state index contributed by atoms with van der Waals surface area (Å²) in [4.78, 5) is 46.0. The molecule has 0 atom stereocenters. The number of hydrogen-bond acceptors (Lipinski definition) is 5. The Morgan fingerprint density at radius 3 is 2.28 bits per heavy atom. The minimum absolute atomic E-state index is 0.175. The van der Waals surface area contributed by atoms with Gasteiger partial charge in [-0.05, 0) is 74.7 Å². The average Bonchev–Trinajstić information content (AvgIpc) is 2.88. The molecule has 3 rings (SSSR count). The molecule has 2 aromatic carbocycles. The molecule has 0 aliphatic carbocycles. The Balaban J connectivity index is 1.54. The largest absolute Gasteiger partial charge is 0.444 e. The molecule has 0 bridgehead atoms. The number of nitrogens with two attached hydrogens (primary N) is 2. The van der Waals surface area contributed by atoms with Crippen LogP contribution in [0.25, 0.3) is 5.57 Å². The molecule has 39 heavy (non-hydrogen) atoms. The van der Waals surface area contributed by atoms with Crippen molar-refractivity contribution in [3.05, 3.63) is 65.7 Å². The zero-order valence-electron chi connectivity index (χ0n) is 22.4. The quantitative estimate of drug-likeness (QED) is 0.297. The van der Waals surface area contributed by atoms with E-state index >= 15 is 0 Å². The number of urea groups is 1. The lowest BCUT2D eigenvalue weighted by Crippen LogP contribution is -2.40. The normalized spacial score (nSPS) is 14.3. The fourth-order valence-electron chi connectivity index (χ4n) is 3.62. The zero-order valence-corrected chi connectivity index (χ0v) is 22.4. The number of nitrogens with zero attached hydrogens (tertiary/aromatic N) is 3. The number of anilines is 1. The minimum Gasteiger partial charge on any atom is -0.444 e. The lowest BCUT2D eigenvalue weighted by molar-refractivity contribution is 0.0273. The number of nitrogens with one attached hydrogen (secondary N) is 3. The third-order valence-corrected chi connectivity index (χ3v) is 5.39. The molecule has 2 aromatic rings. The van der Waals surface area contributed by atoms with Crippen molar-refractivity contribution in [1.82, 2.24) is 15.5 Å². The monoisotopic (exact) mass is 534 g/mol. The Kier molecular flexibility index (Phi) is 9.26. The van der Waals surface area contributed by atoms with Gasteiger partial charge in [-0.25, -0.2) is 14.6 Å². The Labute approximate surface area is 227 Å². The summed E-state index contributed by atoms with van der Waals surface area (Å²) in [7, 11) is 1.54. The first-order valence-corrected chi connectivity index (χ1v) is 12.3. The van der Waals surface area contributed by atoms with Gasteiger partial charge in [0.25, 0.3) is 5.91 Å². The summed E-state index contributed by atoms with van der Waals surface area (Å²) in [6, 6.07) is 13.0. The van der Waals surface area contributed by atoms with E-state index in [1.165, 1.54) is 0 Å². The summed E-state index contributed by atoms with van der Waals surface area (Å²) in [6.45, 7) is 6.56. The van der Waals surface area contributed by atoms with Crippen molar-refractivity contribution >= 4 is 46.9 Å². The molecule has 0 fully saturated rings. The van der Waals surface area contributed by atoms with Crippen molar-refractivity contribution < 1.29 is 19.1 Å². The molecule has 7 N–H and O–H groups in total. The summed E-state index contributed by atoms with van der Waals surface area (Å²) in [5, 5.41) is 7.58. The maximum atomic E-state index is 12.4. The second-order valence-corrected chi connectivity index (χ2v) is 9.67. The van der Waals surface area contributed by atoms with Crippen LogP contribution in [0.1, 0.15) is 43.1 Å². The highest BCUT2D eigenvalue weighted by Gasteiger charge is 2.24. The van der Waals surface area contributed by atoms with Crippen LogP contribution in [0, 0.1) is 0 Å². The van der Waals surface area contributed by atoms with Gasteiger partial charge in [0, 0.05) is 31.4 Å². The van der Waals surface area contributed by atoms with E-state index in [9.17, 15) is 14.4 Å². The minimum atomic E-state index is -0.611. The van der Waals surface area contributed by atoms with Crippen molar-refractivity contribution in [3.8, 4) is 0 Å². The van der Waals surface area contributed by atoms with E-state index in [-0.39, 0.29) is 23.9 Å². The summed E-state index contributed by atoms with van der Waals surface area (Å²) in [6.07, 6.45) is 2.48. The maximum absolute atomic E-state index is 12.4. The second-order valence-electron chi connectivity index (χ2n) is 9.67. The molecule has 0 aromatic heterocycles. The molecule has 1 aliphatic rings. The van der Waals surface area contributed by atoms with Gasteiger partial charge in [-0.1, -0.05) is 18.2 Å². The predicted molar refractivity (Wildman–Crippen MR) is 152 cm³/mol. The van der Waals surface area contributed by atoms with Crippen LogP contribution in [0.2, 0.25) is 0 Å². The number of carbonyl (C=O) groups excluding carboxylic acids is 3. The van der Waals surface area contributed by atoms with Crippen molar-refractivity contribution in [3.63, 3.8) is 0 Å². The molecule has 1 heterocycles. The number of ether oxygens (including phenoxy) is 1. The molecule has 12 heteroatoms. The first-order valence-electron chi connectivity index (χ1n) is 12.3. The van der Waals surface area contributed by atoms with Gasteiger partial charge in [0.2, 0.25) is 11.9 Å². The van der Waals surface area contributed by atoms with Gasteiger partial charge in [-0.3, -0.25) is 10.1 Å². The molecule has 206 valence electrons. The van der Waals surface area contributed by atoms with E-state index in [2.05, 4.69) is 32.0 Å². The summed E-state index contributed by atoms with van der Waals surface area (Å²) >= 11 is 0. The molecule has 4 amide bonds. The van der Waals surface area contributed by atoms with E-state index in [0.717, 1.165) is 17.6 Å². The van der Waals surface area contributed by atoms with E-state index in [1.54, 1.807) is 48.3 Å². The SMILES string of the molecule is CNC(=O)c1ccc(N=C(N)/N=C(/N)NC(=O)Nc2ccc(C3=CCCN(C(=O)OC(C)(C)C)C3)cc2)cc1. The number of benzene rings is 2. The van der Waals surface area contributed by atoms with Crippen molar-refractivity contribution in [2.24, 2.45) is 21.5 Å². The fraction of sp³-hybridized carbons (Fsp3) is 0.296. The lowest BCUT2D eigenvalue weighted by Gasteiger charge is -2.30. The molecule has 1 aliphatic heterocycles. The molecule has 0 spiro atoms. The Morgan fingerprint density at radius 1 is 1.00 bits per heavy atom. The van der Waals surface area contributed by atoms with E-state index in [1.807, 2.05) is 32.9 Å². The van der Waals surface area contributed by atoms with Crippen molar-refractivity contribution in [2.75, 3.05) is 25.5 Å². The van der Waals surface area contributed by atoms with Gasteiger partial charge in [0.15, 0.2) is 0 Å². The number of hydrogen-bond donors (Lipinski definition) is 5. The maximum Gasteiger partial charge on any atom is 0.410 e. The van der Waals surface area contributed by atoms with Crippen molar-refractivity contribution in [1.29, 1.82) is 0 Å². The third kappa shape index (κ3) is 8.88. The topological polar surface area (TPSA) is 177 Å². The number of guanidine groups is 2. The highest BCUT2D eigenvalue weighted by atomic mass is 16.6. The first-order chi connectivity index (χ1) is 18.4. The smallest absolute Gasteiger partial charge is 0.410 e. The van der Waals surface area contributed by atoms with Gasteiger partial charge in [-0.2, -0.15) is 4.99 Å². The van der Waals surface area contributed by atoms with Crippen LogP contribution in [0.5, 0.6) is 0 Å². The van der Waals surface area contributed by atoms with E-state index < -0.39 is 11.6 Å². The molecule has 0 unspecified atom stereocenters. The van der Waals surface area contributed by atoms with E-state index in [4.69, 9.17) is 16.2 Å². The van der Waals surface area contributed by atoms with Gasteiger partial charge < -0.3 is 31.7 Å². The first kappa shape index (κ1) is 28.7. The Bertz CT molecular complexity index is 1290. The summed E-state index contributed by atoms with van der Waals surface area (Å²) in [5.41, 5.74) is 14.4. The van der Waals surface area contributed by atoms with Gasteiger partial charge in [0.05, 0.1) is 5.69 Å². The Morgan fingerprint density at radius 2 is 1.67 bits per heavy atom.